The first kappa shape index (κ1) is 9.25. The zero-order valence-corrected chi connectivity index (χ0v) is 8.66. The van der Waals surface area contributed by atoms with Crippen LogP contribution in [0.25, 0.3) is 0 Å². The Morgan fingerprint density at radius 3 is 3.29 bits per heavy atom. The fraction of sp³-hybridized carbons (Fsp3) is 0.417. The first-order chi connectivity index (χ1) is 6.83. The number of nitrogens with zero attached hydrogens (tertiary/aromatic N) is 2. The molecule has 74 valence electrons. The van der Waals surface area contributed by atoms with Crippen LogP contribution in [-0.4, -0.2) is 18.1 Å². The van der Waals surface area contributed by atoms with E-state index >= 15 is 0 Å². The van der Waals surface area contributed by atoms with Crippen LogP contribution in [0.15, 0.2) is 24.9 Å². The van der Waals surface area contributed by atoms with E-state index in [0.717, 1.165) is 13.1 Å². The Balaban J connectivity index is 2.39. The predicted molar refractivity (Wildman–Crippen MR) is 59.7 cm³/mol. The Morgan fingerprint density at radius 1 is 1.64 bits per heavy atom. The molecular weight excluding hydrogens is 172 g/mol. The minimum absolute atomic E-state index is 0.941. The average molecular weight is 188 g/mol. The van der Waals surface area contributed by atoms with E-state index in [1.165, 1.54) is 29.8 Å². The maximum absolute atomic E-state index is 4.33. The third-order valence-electron chi connectivity index (χ3n) is 2.79. The number of rotatable bonds is 2. The molecule has 2 heterocycles. The molecule has 0 saturated carbocycles. The van der Waals surface area contributed by atoms with Gasteiger partial charge < -0.3 is 4.90 Å². The van der Waals surface area contributed by atoms with Gasteiger partial charge in [-0.25, -0.2) is 0 Å². The summed E-state index contributed by atoms with van der Waals surface area (Å²) in [7, 11) is 0. The van der Waals surface area contributed by atoms with E-state index in [4.69, 9.17) is 0 Å². The number of hydrogen-bond donors (Lipinski definition) is 0. The summed E-state index contributed by atoms with van der Waals surface area (Å²) in [4.78, 5) is 6.71. The van der Waals surface area contributed by atoms with Crippen LogP contribution in [-0.2, 0) is 6.42 Å². The van der Waals surface area contributed by atoms with Crippen molar-refractivity contribution >= 4 is 5.69 Å². The predicted octanol–water partition coefficient (Wildman–Crippen LogP) is 2.33. The molecule has 0 spiro atoms. The van der Waals surface area contributed by atoms with Crippen LogP contribution in [0, 0.1) is 6.92 Å². The standard InChI is InChI=1S/C12H16N2/c1-3-8-14-9-4-5-11-10(2)13-7-6-12(11)14/h3,6-7H,1,4-5,8-9H2,2H3. The Kier molecular flexibility index (Phi) is 2.53. The molecule has 2 heteroatoms. The van der Waals surface area contributed by atoms with Crippen molar-refractivity contribution in [1.82, 2.24) is 4.98 Å². The van der Waals surface area contributed by atoms with Crippen LogP contribution in [0.2, 0.25) is 0 Å². The molecule has 0 radical (unpaired) electrons. The van der Waals surface area contributed by atoms with Crippen LogP contribution >= 0.6 is 0 Å². The summed E-state index contributed by atoms with van der Waals surface area (Å²) in [5.74, 6) is 0. The van der Waals surface area contributed by atoms with Gasteiger partial charge in [-0.1, -0.05) is 6.08 Å². The fourth-order valence-electron chi connectivity index (χ4n) is 2.10. The molecular formula is C12H16N2. The highest BCUT2D eigenvalue weighted by molar-refractivity contribution is 5.56. The van der Waals surface area contributed by atoms with E-state index in [1.54, 1.807) is 0 Å². The minimum atomic E-state index is 0.941. The van der Waals surface area contributed by atoms with Gasteiger partial charge in [-0.3, -0.25) is 4.98 Å². The fourth-order valence-corrected chi connectivity index (χ4v) is 2.10. The highest BCUT2D eigenvalue weighted by Gasteiger charge is 2.17. The van der Waals surface area contributed by atoms with Gasteiger partial charge in [-0.2, -0.15) is 0 Å². The molecule has 0 atom stereocenters. The molecule has 1 aliphatic heterocycles. The largest absolute Gasteiger partial charge is 0.367 e. The summed E-state index contributed by atoms with van der Waals surface area (Å²) in [5.41, 5.74) is 3.94. The van der Waals surface area contributed by atoms with Crippen LogP contribution in [0.4, 0.5) is 5.69 Å². The molecule has 0 fully saturated rings. The van der Waals surface area contributed by atoms with Crippen molar-refractivity contribution in [2.45, 2.75) is 19.8 Å². The Morgan fingerprint density at radius 2 is 2.50 bits per heavy atom. The van der Waals surface area contributed by atoms with Gasteiger partial charge in [0.15, 0.2) is 0 Å². The van der Waals surface area contributed by atoms with Crippen molar-refractivity contribution in [3.63, 3.8) is 0 Å². The maximum atomic E-state index is 4.33. The highest BCUT2D eigenvalue weighted by Crippen LogP contribution is 2.27. The molecule has 0 N–H and O–H groups in total. The van der Waals surface area contributed by atoms with Crippen LogP contribution in [0.3, 0.4) is 0 Å². The number of anilines is 1. The van der Waals surface area contributed by atoms with Gasteiger partial charge in [0.05, 0.1) is 0 Å². The zero-order chi connectivity index (χ0) is 9.97. The van der Waals surface area contributed by atoms with E-state index in [2.05, 4.69) is 29.5 Å². The third kappa shape index (κ3) is 1.52. The summed E-state index contributed by atoms with van der Waals surface area (Å²) in [6, 6.07) is 2.12. The van der Waals surface area contributed by atoms with E-state index in [-0.39, 0.29) is 0 Å². The number of aryl methyl sites for hydroxylation is 1. The first-order valence-electron chi connectivity index (χ1n) is 5.13. The second kappa shape index (κ2) is 3.82. The Hall–Kier alpha value is -1.31. The minimum Gasteiger partial charge on any atom is -0.367 e. The molecule has 1 aromatic heterocycles. The summed E-state index contributed by atoms with van der Waals surface area (Å²) >= 11 is 0. The summed E-state index contributed by atoms with van der Waals surface area (Å²) in [5, 5.41) is 0. The van der Waals surface area contributed by atoms with Crippen LogP contribution in [0.5, 0.6) is 0 Å². The molecule has 0 bridgehead atoms. The van der Waals surface area contributed by atoms with Crippen molar-refractivity contribution in [2.24, 2.45) is 0 Å². The quantitative estimate of drug-likeness (QED) is 0.662. The number of pyridine rings is 1. The van der Waals surface area contributed by atoms with Crippen LogP contribution < -0.4 is 4.90 Å². The lowest BCUT2D eigenvalue weighted by Gasteiger charge is -2.30. The highest BCUT2D eigenvalue weighted by atomic mass is 15.1. The van der Waals surface area contributed by atoms with Crippen molar-refractivity contribution in [1.29, 1.82) is 0 Å². The first-order valence-corrected chi connectivity index (χ1v) is 5.13. The summed E-state index contributed by atoms with van der Waals surface area (Å²) < 4.78 is 0. The topological polar surface area (TPSA) is 16.1 Å². The smallest absolute Gasteiger partial charge is 0.0435 e. The normalized spacial score (nSPS) is 15.1. The monoisotopic (exact) mass is 188 g/mol. The molecule has 0 saturated heterocycles. The zero-order valence-electron chi connectivity index (χ0n) is 8.66. The number of fused-ring (bicyclic) bond motifs is 1. The van der Waals surface area contributed by atoms with Crippen LogP contribution in [0.1, 0.15) is 17.7 Å². The van der Waals surface area contributed by atoms with E-state index < -0.39 is 0 Å². The summed E-state index contributed by atoms with van der Waals surface area (Å²) in [6.45, 7) is 7.97. The van der Waals surface area contributed by atoms with Gasteiger partial charge in [0.1, 0.15) is 0 Å². The molecule has 2 nitrogen and oxygen atoms in total. The van der Waals surface area contributed by atoms with Gasteiger partial charge in [0.2, 0.25) is 0 Å². The maximum Gasteiger partial charge on any atom is 0.0435 e. The van der Waals surface area contributed by atoms with Gasteiger partial charge in [0, 0.05) is 30.7 Å². The second-order valence-electron chi connectivity index (χ2n) is 3.73. The van der Waals surface area contributed by atoms with E-state index in [0.29, 0.717) is 0 Å². The number of hydrogen-bond acceptors (Lipinski definition) is 2. The second-order valence-corrected chi connectivity index (χ2v) is 3.73. The van der Waals surface area contributed by atoms with Gasteiger partial charge >= 0.3 is 0 Å². The molecule has 2 rings (SSSR count). The Labute approximate surface area is 85.3 Å². The third-order valence-corrected chi connectivity index (χ3v) is 2.79. The lowest BCUT2D eigenvalue weighted by Crippen LogP contribution is -2.29. The lowest BCUT2D eigenvalue weighted by molar-refractivity contribution is 0.714. The molecule has 0 amide bonds. The van der Waals surface area contributed by atoms with Crippen molar-refractivity contribution in [2.75, 3.05) is 18.0 Å². The van der Waals surface area contributed by atoms with E-state index in [1.807, 2.05) is 12.3 Å². The molecule has 0 aromatic carbocycles. The van der Waals surface area contributed by atoms with E-state index in [9.17, 15) is 0 Å². The van der Waals surface area contributed by atoms with Gasteiger partial charge in [-0.15, -0.1) is 6.58 Å². The molecule has 1 aliphatic rings. The average Bonchev–Trinajstić information content (AvgIpc) is 2.20. The van der Waals surface area contributed by atoms with Crippen molar-refractivity contribution < 1.29 is 0 Å². The van der Waals surface area contributed by atoms with Gasteiger partial charge in [-0.05, 0) is 31.4 Å². The molecule has 14 heavy (non-hydrogen) atoms. The van der Waals surface area contributed by atoms with Crippen molar-refractivity contribution in [3.05, 3.63) is 36.2 Å². The lowest BCUT2D eigenvalue weighted by atomic mass is 10.0. The summed E-state index contributed by atoms with van der Waals surface area (Å²) in [6.07, 6.45) is 6.26. The van der Waals surface area contributed by atoms with Gasteiger partial charge in [0.25, 0.3) is 0 Å². The molecule has 0 aliphatic carbocycles. The molecule has 1 aromatic rings. The van der Waals surface area contributed by atoms with Crippen molar-refractivity contribution in [3.8, 4) is 0 Å². The molecule has 0 unspecified atom stereocenters. The Bertz CT molecular complexity index is 344. The SMILES string of the molecule is C=CCN1CCCc2c1ccnc2C. The number of aromatic nitrogens is 1.